The summed E-state index contributed by atoms with van der Waals surface area (Å²) in [5.41, 5.74) is 7.68. The van der Waals surface area contributed by atoms with Crippen LogP contribution in [0.1, 0.15) is 55.8 Å². The van der Waals surface area contributed by atoms with Crippen LogP contribution in [0.15, 0.2) is 16.9 Å². The summed E-state index contributed by atoms with van der Waals surface area (Å²) in [4.78, 5) is 25.6. The number of aryl methyl sites for hydroxylation is 1. The number of rotatable bonds is 3. The molecule has 0 spiro atoms. The minimum atomic E-state index is -0.158. The quantitative estimate of drug-likeness (QED) is 0.785. The van der Waals surface area contributed by atoms with Gasteiger partial charge in [-0.15, -0.1) is 0 Å². The van der Waals surface area contributed by atoms with Crippen molar-refractivity contribution in [2.75, 3.05) is 0 Å². The predicted octanol–water partition coefficient (Wildman–Crippen LogP) is 1.39. The summed E-state index contributed by atoms with van der Waals surface area (Å²) in [6.45, 7) is 0. The molecule has 5 heteroatoms. The lowest BCUT2D eigenvalue weighted by Gasteiger charge is -2.33. The van der Waals surface area contributed by atoms with Gasteiger partial charge >= 0.3 is 0 Å². The molecule has 1 saturated carbocycles. The summed E-state index contributed by atoms with van der Waals surface area (Å²) >= 11 is 0. The number of amides is 1. The lowest BCUT2D eigenvalue weighted by atomic mass is 9.84. The largest absolute Gasteiger partial charge is 0.369 e. The molecule has 1 aromatic heterocycles. The first-order valence-electron chi connectivity index (χ1n) is 7.91. The highest BCUT2D eigenvalue weighted by Crippen LogP contribution is 2.31. The van der Waals surface area contributed by atoms with Crippen LogP contribution in [-0.4, -0.2) is 16.9 Å². The number of nitrogens with two attached hydrogens (primary N) is 1. The van der Waals surface area contributed by atoms with Crippen LogP contribution in [0.2, 0.25) is 0 Å². The Bertz CT molecular complexity index is 573. The number of carbonyl (C=O) groups excluding carboxylic acids is 1. The minimum Gasteiger partial charge on any atom is -0.369 e. The second-order valence-electron chi connectivity index (χ2n) is 6.32. The Balaban J connectivity index is 1.65. The number of aromatic nitrogens is 1. The van der Waals surface area contributed by atoms with E-state index in [0.29, 0.717) is 12.1 Å². The SMILES string of the molecule is NC(=O)C1CCC(NC2CCCc3[nH]c(=O)ccc32)CC1. The number of aromatic amines is 1. The third-order valence-electron chi connectivity index (χ3n) is 4.90. The van der Waals surface area contributed by atoms with Crippen molar-refractivity contribution in [1.82, 2.24) is 10.3 Å². The van der Waals surface area contributed by atoms with Crippen molar-refractivity contribution in [1.29, 1.82) is 0 Å². The van der Waals surface area contributed by atoms with Gasteiger partial charge in [0.25, 0.3) is 0 Å². The van der Waals surface area contributed by atoms with Gasteiger partial charge in [-0.05, 0) is 50.5 Å². The fourth-order valence-corrected chi connectivity index (χ4v) is 3.70. The van der Waals surface area contributed by atoms with Gasteiger partial charge < -0.3 is 16.0 Å². The molecule has 1 unspecified atom stereocenters. The number of pyridine rings is 1. The third-order valence-corrected chi connectivity index (χ3v) is 4.90. The van der Waals surface area contributed by atoms with Gasteiger partial charge in [0, 0.05) is 29.8 Å². The van der Waals surface area contributed by atoms with Crippen LogP contribution in [0.25, 0.3) is 0 Å². The fourth-order valence-electron chi connectivity index (χ4n) is 3.70. The van der Waals surface area contributed by atoms with Crippen molar-refractivity contribution in [3.05, 3.63) is 33.7 Å². The van der Waals surface area contributed by atoms with E-state index in [9.17, 15) is 9.59 Å². The molecule has 0 saturated heterocycles. The molecule has 1 heterocycles. The minimum absolute atomic E-state index is 0.0173. The van der Waals surface area contributed by atoms with Gasteiger partial charge in [0.2, 0.25) is 11.5 Å². The van der Waals surface area contributed by atoms with Crippen molar-refractivity contribution < 1.29 is 4.79 Å². The maximum atomic E-state index is 11.4. The molecule has 2 aliphatic rings. The summed E-state index contributed by atoms with van der Waals surface area (Å²) in [6.07, 6.45) is 6.94. The van der Waals surface area contributed by atoms with Crippen LogP contribution in [0, 0.1) is 5.92 Å². The molecule has 0 bridgehead atoms. The summed E-state index contributed by atoms with van der Waals surface area (Å²) < 4.78 is 0. The number of fused-ring (bicyclic) bond motifs is 1. The van der Waals surface area contributed by atoms with E-state index in [4.69, 9.17) is 5.73 Å². The number of H-pyrrole nitrogens is 1. The first-order valence-corrected chi connectivity index (χ1v) is 7.91. The Kier molecular flexibility index (Phi) is 4.10. The van der Waals surface area contributed by atoms with Gasteiger partial charge in [-0.25, -0.2) is 0 Å². The molecule has 0 aromatic carbocycles. The fraction of sp³-hybridized carbons (Fsp3) is 0.625. The molecule has 114 valence electrons. The van der Waals surface area contributed by atoms with Gasteiger partial charge in [0.15, 0.2) is 0 Å². The number of hydrogen-bond acceptors (Lipinski definition) is 3. The van der Waals surface area contributed by atoms with Gasteiger partial charge in [0.1, 0.15) is 0 Å². The summed E-state index contributed by atoms with van der Waals surface area (Å²) in [6, 6.07) is 4.34. The van der Waals surface area contributed by atoms with Gasteiger partial charge in [-0.3, -0.25) is 9.59 Å². The van der Waals surface area contributed by atoms with E-state index in [2.05, 4.69) is 10.3 Å². The predicted molar refractivity (Wildman–Crippen MR) is 80.8 cm³/mol. The highest BCUT2D eigenvalue weighted by molar-refractivity contribution is 5.76. The Hall–Kier alpha value is -1.62. The van der Waals surface area contributed by atoms with Crippen molar-refractivity contribution in [3.63, 3.8) is 0 Å². The summed E-state index contributed by atoms with van der Waals surface area (Å²) in [5, 5.41) is 3.72. The monoisotopic (exact) mass is 289 g/mol. The molecule has 0 aliphatic heterocycles. The zero-order valence-corrected chi connectivity index (χ0v) is 12.2. The van der Waals surface area contributed by atoms with Crippen LogP contribution < -0.4 is 16.6 Å². The van der Waals surface area contributed by atoms with Gasteiger partial charge in [-0.2, -0.15) is 0 Å². The standard InChI is InChI=1S/C16H23N3O2/c17-16(21)10-4-6-11(7-5-10)18-13-2-1-3-14-12(13)8-9-15(20)19-14/h8-11,13,18H,1-7H2,(H2,17,21)(H,19,20). The maximum absolute atomic E-state index is 11.4. The van der Waals surface area contributed by atoms with Crippen LogP contribution in [0.5, 0.6) is 0 Å². The third kappa shape index (κ3) is 3.18. The average Bonchev–Trinajstić information content (AvgIpc) is 2.47. The van der Waals surface area contributed by atoms with Gasteiger partial charge in [0.05, 0.1) is 0 Å². The molecule has 1 aromatic rings. The molecular formula is C16H23N3O2. The Morgan fingerprint density at radius 3 is 2.67 bits per heavy atom. The van der Waals surface area contributed by atoms with Crippen molar-refractivity contribution in [3.8, 4) is 0 Å². The lowest BCUT2D eigenvalue weighted by Crippen LogP contribution is -2.39. The maximum Gasteiger partial charge on any atom is 0.248 e. The highest BCUT2D eigenvalue weighted by Gasteiger charge is 2.28. The van der Waals surface area contributed by atoms with E-state index in [1.54, 1.807) is 6.07 Å². The van der Waals surface area contributed by atoms with E-state index < -0.39 is 0 Å². The molecular weight excluding hydrogens is 266 g/mol. The van der Waals surface area contributed by atoms with E-state index >= 15 is 0 Å². The van der Waals surface area contributed by atoms with Crippen LogP contribution in [-0.2, 0) is 11.2 Å². The van der Waals surface area contributed by atoms with Crippen molar-refractivity contribution in [2.45, 2.75) is 57.0 Å². The van der Waals surface area contributed by atoms with E-state index in [0.717, 1.165) is 50.6 Å². The summed E-state index contributed by atoms with van der Waals surface area (Å²) in [5.74, 6) is -0.105. The van der Waals surface area contributed by atoms with E-state index in [1.165, 1.54) is 5.56 Å². The number of hydrogen-bond donors (Lipinski definition) is 3. The van der Waals surface area contributed by atoms with Gasteiger partial charge in [-0.1, -0.05) is 6.07 Å². The number of carbonyl (C=O) groups is 1. The first kappa shape index (κ1) is 14.3. The summed E-state index contributed by atoms with van der Waals surface area (Å²) in [7, 11) is 0. The number of primary amides is 1. The second kappa shape index (κ2) is 6.02. The van der Waals surface area contributed by atoms with E-state index in [-0.39, 0.29) is 17.4 Å². The first-order chi connectivity index (χ1) is 10.1. The molecule has 2 aliphatic carbocycles. The molecule has 21 heavy (non-hydrogen) atoms. The normalized spacial score (nSPS) is 28.9. The van der Waals surface area contributed by atoms with Crippen molar-refractivity contribution in [2.24, 2.45) is 11.7 Å². The Labute approximate surface area is 124 Å². The molecule has 1 atom stereocenters. The van der Waals surface area contributed by atoms with Crippen molar-refractivity contribution >= 4 is 5.91 Å². The second-order valence-corrected chi connectivity index (χ2v) is 6.32. The smallest absolute Gasteiger partial charge is 0.248 e. The Morgan fingerprint density at radius 2 is 1.95 bits per heavy atom. The zero-order chi connectivity index (χ0) is 14.8. The highest BCUT2D eigenvalue weighted by atomic mass is 16.1. The lowest BCUT2D eigenvalue weighted by molar-refractivity contribution is -0.122. The molecule has 5 nitrogen and oxygen atoms in total. The Morgan fingerprint density at radius 1 is 1.19 bits per heavy atom. The number of nitrogens with one attached hydrogen (secondary N) is 2. The molecule has 3 rings (SSSR count). The van der Waals surface area contributed by atoms with E-state index in [1.807, 2.05) is 6.07 Å². The van der Waals surface area contributed by atoms with Crippen LogP contribution >= 0.6 is 0 Å². The average molecular weight is 289 g/mol. The zero-order valence-electron chi connectivity index (χ0n) is 12.2. The topological polar surface area (TPSA) is 88.0 Å². The van der Waals surface area contributed by atoms with Crippen LogP contribution in [0.4, 0.5) is 0 Å². The molecule has 1 fully saturated rings. The molecule has 1 amide bonds. The van der Waals surface area contributed by atoms with Crippen LogP contribution in [0.3, 0.4) is 0 Å². The molecule has 0 radical (unpaired) electrons. The molecule has 4 N–H and O–H groups in total.